The van der Waals surface area contributed by atoms with Gasteiger partial charge in [0.05, 0.1) is 7.11 Å². The first-order valence-electron chi connectivity index (χ1n) is 6.92. The summed E-state index contributed by atoms with van der Waals surface area (Å²) in [4.78, 5) is 4.91. The van der Waals surface area contributed by atoms with Crippen molar-refractivity contribution in [1.29, 1.82) is 0 Å². The number of hydrogen-bond donors (Lipinski definition) is 1. The first kappa shape index (κ1) is 14.3. The van der Waals surface area contributed by atoms with Crippen molar-refractivity contribution in [2.45, 2.75) is 26.1 Å². The van der Waals surface area contributed by atoms with E-state index in [4.69, 9.17) is 10.5 Å². The quantitative estimate of drug-likeness (QED) is 0.889. The summed E-state index contributed by atoms with van der Waals surface area (Å²) >= 11 is 0. The second-order valence-electron chi connectivity index (χ2n) is 5.43. The van der Waals surface area contributed by atoms with Gasteiger partial charge in [0.2, 0.25) is 0 Å². The standard InChI is InChI=1S/C15H25N3O/c1-12-10-17(2)6-7-18(12)11-13-4-5-14(9-16)15(8-13)19-3/h4-5,8,12H,6-7,9-11,16H2,1-3H3. The van der Waals surface area contributed by atoms with Crippen LogP contribution in [0, 0.1) is 0 Å². The number of ether oxygens (including phenoxy) is 1. The molecule has 0 saturated carbocycles. The summed E-state index contributed by atoms with van der Waals surface area (Å²) in [5.74, 6) is 0.904. The van der Waals surface area contributed by atoms with E-state index in [1.165, 1.54) is 5.56 Å². The Morgan fingerprint density at radius 3 is 2.79 bits per heavy atom. The number of benzene rings is 1. The third-order valence-electron chi connectivity index (χ3n) is 3.93. The van der Waals surface area contributed by atoms with E-state index < -0.39 is 0 Å². The third-order valence-corrected chi connectivity index (χ3v) is 3.93. The Kier molecular flexibility index (Phi) is 4.80. The molecular weight excluding hydrogens is 238 g/mol. The molecule has 0 spiro atoms. The monoisotopic (exact) mass is 263 g/mol. The Hall–Kier alpha value is -1.10. The number of nitrogens with zero attached hydrogens (tertiary/aromatic N) is 2. The fraction of sp³-hybridized carbons (Fsp3) is 0.600. The molecule has 0 radical (unpaired) electrons. The normalized spacial score (nSPS) is 21.6. The molecule has 1 aromatic rings. The lowest BCUT2D eigenvalue weighted by molar-refractivity contribution is 0.0938. The van der Waals surface area contributed by atoms with Gasteiger partial charge in [-0.2, -0.15) is 0 Å². The Bertz CT molecular complexity index is 422. The summed E-state index contributed by atoms with van der Waals surface area (Å²) in [6.45, 7) is 7.20. The fourth-order valence-corrected chi connectivity index (χ4v) is 2.70. The van der Waals surface area contributed by atoms with E-state index >= 15 is 0 Å². The molecule has 1 fully saturated rings. The molecule has 1 heterocycles. The molecule has 4 nitrogen and oxygen atoms in total. The van der Waals surface area contributed by atoms with Crippen molar-refractivity contribution in [2.75, 3.05) is 33.8 Å². The Balaban J connectivity index is 2.06. The zero-order chi connectivity index (χ0) is 13.8. The molecule has 0 aliphatic carbocycles. The molecule has 4 heteroatoms. The number of hydrogen-bond acceptors (Lipinski definition) is 4. The van der Waals surface area contributed by atoms with Crippen molar-refractivity contribution in [1.82, 2.24) is 9.80 Å². The van der Waals surface area contributed by atoms with Crippen molar-refractivity contribution in [3.63, 3.8) is 0 Å². The smallest absolute Gasteiger partial charge is 0.123 e. The van der Waals surface area contributed by atoms with Crippen molar-refractivity contribution < 1.29 is 4.74 Å². The fourth-order valence-electron chi connectivity index (χ4n) is 2.70. The van der Waals surface area contributed by atoms with Crippen LogP contribution in [-0.2, 0) is 13.1 Å². The van der Waals surface area contributed by atoms with Crippen LogP contribution in [0.5, 0.6) is 5.75 Å². The van der Waals surface area contributed by atoms with Gasteiger partial charge in [-0.05, 0) is 25.6 Å². The lowest BCUT2D eigenvalue weighted by atomic mass is 10.1. The largest absolute Gasteiger partial charge is 0.496 e. The Morgan fingerprint density at radius 2 is 2.16 bits per heavy atom. The summed E-state index contributed by atoms with van der Waals surface area (Å²) in [6, 6.07) is 6.96. The minimum Gasteiger partial charge on any atom is -0.496 e. The van der Waals surface area contributed by atoms with E-state index in [2.05, 4.69) is 42.0 Å². The van der Waals surface area contributed by atoms with E-state index in [1.54, 1.807) is 7.11 Å². The van der Waals surface area contributed by atoms with Crippen LogP contribution in [-0.4, -0.2) is 49.6 Å². The van der Waals surface area contributed by atoms with E-state index in [1.807, 2.05) is 0 Å². The van der Waals surface area contributed by atoms with Crippen molar-refractivity contribution in [2.24, 2.45) is 5.73 Å². The van der Waals surface area contributed by atoms with Crippen LogP contribution in [0.4, 0.5) is 0 Å². The molecule has 19 heavy (non-hydrogen) atoms. The SMILES string of the molecule is COc1cc(CN2CCN(C)CC2C)ccc1CN. The average molecular weight is 263 g/mol. The molecule has 2 rings (SSSR count). The topological polar surface area (TPSA) is 41.7 Å². The first-order chi connectivity index (χ1) is 9.13. The van der Waals surface area contributed by atoms with Crippen LogP contribution < -0.4 is 10.5 Å². The molecule has 1 unspecified atom stereocenters. The van der Waals surface area contributed by atoms with Crippen LogP contribution in [0.15, 0.2) is 18.2 Å². The maximum atomic E-state index is 5.70. The van der Waals surface area contributed by atoms with Crippen LogP contribution in [0.2, 0.25) is 0 Å². The molecular formula is C15H25N3O. The second-order valence-corrected chi connectivity index (χ2v) is 5.43. The van der Waals surface area contributed by atoms with Crippen LogP contribution in [0.1, 0.15) is 18.1 Å². The summed E-state index contributed by atoms with van der Waals surface area (Å²) in [6.07, 6.45) is 0. The average Bonchev–Trinajstić information content (AvgIpc) is 2.41. The van der Waals surface area contributed by atoms with Gasteiger partial charge in [0.1, 0.15) is 5.75 Å². The zero-order valence-electron chi connectivity index (χ0n) is 12.2. The van der Waals surface area contributed by atoms with E-state index in [0.717, 1.165) is 37.5 Å². The van der Waals surface area contributed by atoms with Crippen LogP contribution >= 0.6 is 0 Å². The van der Waals surface area contributed by atoms with Gasteiger partial charge in [-0.1, -0.05) is 12.1 Å². The molecule has 1 aliphatic heterocycles. The second kappa shape index (κ2) is 6.37. The highest BCUT2D eigenvalue weighted by Crippen LogP contribution is 2.21. The number of piperazine rings is 1. The van der Waals surface area contributed by atoms with E-state index in [0.29, 0.717) is 12.6 Å². The summed E-state index contributed by atoms with van der Waals surface area (Å²) in [5, 5.41) is 0. The highest BCUT2D eigenvalue weighted by molar-refractivity contribution is 5.37. The third kappa shape index (κ3) is 3.47. The van der Waals surface area contributed by atoms with Gasteiger partial charge < -0.3 is 15.4 Å². The van der Waals surface area contributed by atoms with Gasteiger partial charge in [0.15, 0.2) is 0 Å². The number of nitrogens with two attached hydrogens (primary N) is 1. The lowest BCUT2D eigenvalue weighted by Gasteiger charge is -2.38. The zero-order valence-corrected chi connectivity index (χ0v) is 12.2. The minimum atomic E-state index is 0.522. The minimum absolute atomic E-state index is 0.522. The predicted octanol–water partition coefficient (Wildman–Crippen LogP) is 1.29. The lowest BCUT2D eigenvalue weighted by Crippen LogP contribution is -2.49. The van der Waals surface area contributed by atoms with E-state index in [-0.39, 0.29) is 0 Å². The molecule has 2 N–H and O–H groups in total. The summed E-state index contributed by atoms with van der Waals surface area (Å²) < 4.78 is 5.40. The maximum Gasteiger partial charge on any atom is 0.123 e. The molecule has 106 valence electrons. The molecule has 0 aromatic heterocycles. The highest BCUT2D eigenvalue weighted by atomic mass is 16.5. The van der Waals surface area contributed by atoms with Gasteiger partial charge in [0, 0.05) is 44.3 Å². The number of rotatable bonds is 4. The van der Waals surface area contributed by atoms with E-state index in [9.17, 15) is 0 Å². The Labute approximate surface area is 116 Å². The molecule has 1 aromatic carbocycles. The molecule has 1 saturated heterocycles. The van der Waals surface area contributed by atoms with Gasteiger partial charge in [-0.15, -0.1) is 0 Å². The van der Waals surface area contributed by atoms with Gasteiger partial charge in [0.25, 0.3) is 0 Å². The summed E-state index contributed by atoms with van der Waals surface area (Å²) in [7, 11) is 3.89. The summed E-state index contributed by atoms with van der Waals surface area (Å²) in [5.41, 5.74) is 8.07. The first-order valence-corrected chi connectivity index (χ1v) is 6.92. The van der Waals surface area contributed by atoms with Crippen LogP contribution in [0.3, 0.4) is 0 Å². The Morgan fingerprint density at radius 1 is 1.37 bits per heavy atom. The molecule has 0 bridgehead atoms. The van der Waals surface area contributed by atoms with Gasteiger partial charge >= 0.3 is 0 Å². The van der Waals surface area contributed by atoms with Crippen molar-refractivity contribution >= 4 is 0 Å². The van der Waals surface area contributed by atoms with Crippen molar-refractivity contribution in [3.05, 3.63) is 29.3 Å². The van der Waals surface area contributed by atoms with Gasteiger partial charge in [-0.3, -0.25) is 4.90 Å². The molecule has 1 atom stereocenters. The predicted molar refractivity (Wildman–Crippen MR) is 78.3 cm³/mol. The molecule has 0 amide bonds. The maximum absolute atomic E-state index is 5.70. The van der Waals surface area contributed by atoms with Gasteiger partial charge in [-0.25, -0.2) is 0 Å². The van der Waals surface area contributed by atoms with Crippen molar-refractivity contribution in [3.8, 4) is 5.75 Å². The molecule has 1 aliphatic rings. The highest BCUT2D eigenvalue weighted by Gasteiger charge is 2.21. The number of likely N-dealkylation sites (N-methyl/N-ethyl adjacent to an activating group) is 1. The number of methoxy groups -OCH3 is 1. The van der Waals surface area contributed by atoms with Crippen LogP contribution in [0.25, 0.3) is 0 Å².